The molecule has 0 spiro atoms. The number of aromatic nitrogens is 4. The maximum atomic E-state index is 9.77. The molecule has 0 aliphatic rings. The second-order valence-corrected chi connectivity index (χ2v) is 12.7. The first-order valence-corrected chi connectivity index (χ1v) is 16.7. The molecule has 0 aliphatic carbocycles. The number of thiophene rings is 1. The fourth-order valence-electron chi connectivity index (χ4n) is 6.36. The zero-order valence-corrected chi connectivity index (χ0v) is 26.9. The Morgan fingerprint density at radius 2 is 1.00 bits per heavy atom. The van der Waals surface area contributed by atoms with Crippen LogP contribution in [-0.4, -0.2) is 19.5 Å². The van der Waals surface area contributed by atoms with Gasteiger partial charge < -0.3 is 0 Å². The summed E-state index contributed by atoms with van der Waals surface area (Å²) < 4.78 is 91.3. The summed E-state index contributed by atoms with van der Waals surface area (Å²) in [6.07, 6.45) is 0. The highest BCUT2D eigenvalue weighted by Crippen LogP contribution is 2.40. The molecular formula is C45H28N4S. The first kappa shape index (κ1) is 20.2. The minimum atomic E-state index is -0.540. The Bertz CT molecular complexity index is 3340. The van der Waals surface area contributed by atoms with Gasteiger partial charge in [-0.15, -0.1) is 11.3 Å². The molecule has 0 amide bonds. The Labute approximate surface area is 306 Å². The topological polar surface area (TPSA) is 43.6 Å². The molecule has 0 saturated heterocycles. The smallest absolute Gasteiger partial charge is 0.238 e. The van der Waals surface area contributed by atoms with Crippen LogP contribution in [0.1, 0.15) is 13.7 Å². The predicted molar refractivity (Wildman–Crippen MR) is 209 cm³/mol. The van der Waals surface area contributed by atoms with E-state index in [4.69, 9.17) is 24.5 Å². The highest BCUT2D eigenvalue weighted by atomic mass is 32.1. The fraction of sp³-hybridized carbons (Fsp3) is 0. The zero-order valence-electron chi connectivity index (χ0n) is 36.1. The molecule has 3 aromatic heterocycles. The van der Waals surface area contributed by atoms with Gasteiger partial charge in [-0.25, -0.2) is 4.98 Å². The first-order chi connectivity index (χ1) is 28.9. The summed E-state index contributed by atoms with van der Waals surface area (Å²) in [5.74, 6) is 0.434. The van der Waals surface area contributed by atoms with Crippen molar-refractivity contribution in [1.82, 2.24) is 19.5 Å². The van der Waals surface area contributed by atoms with Crippen molar-refractivity contribution >= 4 is 53.3 Å². The molecule has 0 bridgehead atoms. The van der Waals surface area contributed by atoms with Gasteiger partial charge >= 0.3 is 0 Å². The molecule has 0 fully saturated rings. The van der Waals surface area contributed by atoms with Crippen LogP contribution in [0.3, 0.4) is 0 Å². The molecule has 234 valence electrons. The van der Waals surface area contributed by atoms with Crippen molar-refractivity contribution in [3.63, 3.8) is 0 Å². The van der Waals surface area contributed by atoms with Gasteiger partial charge in [0.15, 0.2) is 11.6 Å². The average Bonchev–Trinajstić information content (AvgIpc) is 3.88. The standard InChI is InChI=1S/C45H28N4S/c1-3-13-29(14-4-1)31-17-11-19-33(25-31)43-46-44(34-20-12-18-32(26-34)30-15-5-2-6-16-30)48-45(47-43)49-39-23-9-7-21-35(39)37-27-38-36-22-8-10-24-41(36)50-42(38)28-40(37)49/h1-28H/i7D,8D,9D,10D,21D,22D,23D,24D,27D,28D. The lowest BCUT2D eigenvalue weighted by Gasteiger charge is -2.12. The van der Waals surface area contributed by atoms with Crippen LogP contribution in [0.2, 0.25) is 0 Å². The molecule has 3 heterocycles. The SMILES string of the molecule is [2H]c1c([2H])c([2H])c2c(sc3c([2H])c4c(c([2H])c32)c2c([2H])c([2H])c([2H])c([2H])c2n4-c2nc(-c3cccc(-c4ccccc4)c3)nc(-c3cccc(-c4ccccc4)c3)n2)c1[2H]. The molecule has 10 aromatic rings. The van der Waals surface area contributed by atoms with Crippen molar-refractivity contribution < 1.29 is 13.7 Å². The van der Waals surface area contributed by atoms with E-state index in [2.05, 4.69) is 0 Å². The van der Waals surface area contributed by atoms with E-state index in [-0.39, 0.29) is 83.7 Å². The van der Waals surface area contributed by atoms with Crippen molar-refractivity contribution in [2.24, 2.45) is 0 Å². The molecule has 50 heavy (non-hydrogen) atoms. The van der Waals surface area contributed by atoms with E-state index < -0.39 is 36.3 Å². The average molecular weight is 667 g/mol. The van der Waals surface area contributed by atoms with Crippen LogP contribution in [0.25, 0.3) is 93.0 Å². The zero-order chi connectivity index (χ0) is 41.7. The summed E-state index contributed by atoms with van der Waals surface area (Å²) in [5.41, 5.74) is 4.98. The summed E-state index contributed by atoms with van der Waals surface area (Å²) in [6, 6.07) is 31.1. The fourth-order valence-corrected chi connectivity index (χ4v) is 7.32. The maximum Gasteiger partial charge on any atom is 0.238 e. The lowest BCUT2D eigenvalue weighted by atomic mass is 10.0. The van der Waals surface area contributed by atoms with Crippen molar-refractivity contribution in [3.05, 3.63) is 170 Å². The Kier molecular flexibility index (Phi) is 4.69. The third-order valence-corrected chi connectivity index (χ3v) is 9.72. The predicted octanol–water partition coefficient (Wildman–Crippen LogP) is 12.0. The van der Waals surface area contributed by atoms with Crippen LogP contribution in [0, 0.1) is 0 Å². The number of rotatable bonds is 5. The minimum absolute atomic E-state index is 0.00210. The van der Waals surface area contributed by atoms with E-state index in [1.165, 1.54) is 4.57 Å². The van der Waals surface area contributed by atoms with Gasteiger partial charge in [-0.05, 0) is 58.6 Å². The third kappa shape index (κ3) is 4.79. The van der Waals surface area contributed by atoms with Gasteiger partial charge in [0.2, 0.25) is 5.95 Å². The minimum Gasteiger partial charge on any atom is -0.278 e. The van der Waals surface area contributed by atoms with Crippen LogP contribution >= 0.6 is 11.3 Å². The molecular weight excluding hydrogens is 629 g/mol. The highest BCUT2D eigenvalue weighted by molar-refractivity contribution is 7.25. The summed E-state index contributed by atoms with van der Waals surface area (Å²) in [7, 11) is 0. The number of hydrogen-bond acceptors (Lipinski definition) is 4. The van der Waals surface area contributed by atoms with E-state index >= 15 is 0 Å². The summed E-state index contributed by atoms with van der Waals surface area (Å²) in [4.78, 5) is 15.0. The van der Waals surface area contributed by atoms with Gasteiger partial charge in [-0.2, -0.15) is 9.97 Å². The summed E-state index contributed by atoms with van der Waals surface area (Å²) in [6.45, 7) is 0. The van der Waals surface area contributed by atoms with Crippen molar-refractivity contribution in [3.8, 4) is 51.0 Å². The Morgan fingerprint density at radius 3 is 1.66 bits per heavy atom. The van der Waals surface area contributed by atoms with E-state index in [0.717, 1.165) is 33.6 Å². The van der Waals surface area contributed by atoms with E-state index in [0.29, 0.717) is 11.1 Å². The van der Waals surface area contributed by atoms with Crippen molar-refractivity contribution in [2.45, 2.75) is 0 Å². The largest absolute Gasteiger partial charge is 0.278 e. The second-order valence-electron chi connectivity index (χ2n) is 11.7. The molecule has 0 aliphatic heterocycles. The Balaban J connectivity index is 1.35. The van der Waals surface area contributed by atoms with E-state index in [1.807, 2.05) is 109 Å². The molecule has 0 atom stereocenters. The van der Waals surface area contributed by atoms with Gasteiger partial charge in [0, 0.05) is 42.1 Å². The monoisotopic (exact) mass is 666 g/mol. The molecule has 0 unspecified atom stereocenters. The molecule has 0 radical (unpaired) electrons. The Hall–Kier alpha value is -6.43. The first-order valence-electron chi connectivity index (χ1n) is 20.9. The normalized spacial score (nSPS) is 14.4. The quantitative estimate of drug-likeness (QED) is 0.184. The molecule has 0 saturated carbocycles. The van der Waals surface area contributed by atoms with Gasteiger partial charge in [0.05, 0.1) is 24.7 Å². The number of hydrogen-bond donors (Lipinski definition) is 0. The summed E-state index contributed by atoms with van der Waals surface area (Å²) >= 11 is 0.956. The molecule has 5 heteroatoms. The van der Waals surface area contributed by atoms with Crippen molar-refractivity contribution in [1.29, 1.82) is 0 Å². The number of para-hydroxylation sites is 1. The number of fused-ring (bicyclic) bond motifs is 6. The molecule has 0 N–H and O–H groups in total. The lowest BCUT2D eigenvalue weighted by molar-refractivity contribution is 0.954. The third-order valence-electron chi connectivity index (χ3n) is 8.70. The van der Waals surface area contributed by atoms with Gasteiger partial charge in [-0.3, -0.25) is 4.57 Å². The Morgan fingerprint density at radius 1 is 0.440 bits per heavy atom. The van der Waals surface area contributed by atoms with Crippen LogP contribution in [-0.2, 0) is 0 Å². The number of nitrogens with zero attached hydrogens (tertiary/aromatic N) is 4. The van der Waals surface area contributed by atoms with Gasteiger partial charge in [-0.1, -0.05) is 133 Å². The highest BCUT2D eigenvalue weighted by Gasteiger charge is 2.20. The molecule has 7 aromatic carbocycles. The summed E-state index contributed by atoms with van der Waals surface area (Å²) in [5, 5.41) is 0.127. The lowest BCUT2D eigenvalue weighted by Crippen LogP contribution is -2.06. The van der Waals surface area contributed by atoms with Gasteiger partial charge in [0.1, 0.15) is 0 Å². The molecule has 4 nitrogen and oxygen atoms in total. The van der Waals surface area contributed by atoms with Crippen molar-refractivity contribution in [2.75, 3.05) is 0 Å². The van der Waals surface area contributed by atoms with Crippen LogP contribution < -0.4 is 0 Å². The van der Waals surface area contributed by atoms with E-state index in [9.17, 15) is 4.11 Å². The maximum absolute atomic E-state index is 9.77. The van der Waals surface area contributed by atoms with Crippen LogP contribution in [0.4, 0.5) is 0 Å². The van der Waals surface area contributed by atoms with E-state index in [1.54, 1.807) is 0 Å². The van der Waals surface area contributed by atoms with Crippen LogP contribution in [0.15, 0.2) is 170 Å². The second kappa shape index (κ2) is 11.6. The molecule has 10 rings (SSSR count). The number of benzene rings is 7. The van der Waals surface area contributed by atoms with Crippen LogP contribution in [0.5, 0.6) is 0 Å². The van der Waals surface area contributed by atoms with Gasteiger partial charge in [0.25, 0.3) is 0 Å².